The van der Waals surface area contributed by atoms with Crippen molar-refractivity contribution in [3.05, 3.63) is 76.6 Å². The molecule has 10 heteroatoms. The lowest BCUT2D eigenvalue weighted by Gasteiger charge is -2.18. The summed E-state index contributed by atoms with van der Waals surface area (Å²) in [5, 5.41) is 0. The number of hydrogen-bond donors (Lipinski definition) is 1. The van der Waals surface area contributed by atoms with Crippen LogP contribution in [0.25, 0.3) is 10.2 Å². The second-order valence-electron chi connectivity index (χ2n) is 7.79. The van der Waals surface area contributed by atoms with Crippen molar-refractivity contribution in [1.29, 1.82) is 0 Å². The van der Waals surface area contributed by atoms with Crippen molar-refractivity contribution >= 4 is 43.2 Å². The molecule has 2 heterocycles. The van der Waals surface area contributed by atoms with Crippen LogP contribution < -0.4 is 19.0 Å². The number of fused-ring (bicyclic) bond motifs is 2. The fourth-order valence-electron chi connectivity index (χ4n) is 3.60. The fraction of sp³-hybridized carbons (Fsp3) is 0.167. The van der Waals surface area contributed by atoms with Crippen LogP contribution in [0.2, 0.25) is 0 Å². The molecule has 4 aromatic rings. The third-order valence-electron chi connectivity index (χ3n) is 5.40. The molecule has 174 valence electrons. The van der Waals surface area contributed by atoms with Crippen LogP contribution in [0.15, 0.2) is 70.6 Å². The normalized spacial score (nSPS) is 13.8. The molecule has 0 atom stereocenters. The van der Waals surface area contributed by atoms with Gasteiger partial charge in [0.05, 0.1) is 26.4 Å². The van der Waals surface area contributed by atoms with E-state index in [-0.39, 0.29) is 16.1 Å². The fourth-order valence-corrected chi connectivity index (χ4v) is 5.70. The van der Waals surface area contributed by atoms with Crippen molar-refractivity contribution < 1.29 is 22.7 Å². The van der Waals surface area contributed by atoms with E-state index < -0.39 is 15.9 Å². The Morgan fingerprint density at radius 3 is 2.44 bits per heavy atom. The number of nitrogens with zero attached hydrogens (tertiary/aromatic N) is 2. The maximum Gasteiger partial charge on any atom is 0.281 e. The lowest BCUT2D eigenvalue weighted by molar-refractivity contribution is 0.0999. The van der Waals surface area contributed by atoms with E-state index in [1.165, 1.54) is 23.5 Å². The second-order valence-corrected chi connectivity index (χ2v) is 10.5. The number of amides is 1. The number of benzene rings is 3. The highest BCUT2D eigenvalue weighted by Crippen LogP contribution is 2.35. The molecule has 0 fully saturated rings. The summed E-state index contributed by atoms with van der Waals surface area (Å²) in [6.07, 6.45) is 0. The number of aryl methyl sites for hydroxylation is 2. The van der Waals surface area contributed by atoms with Gasteiger partial charge in [0.1, 0.15) is 13.2 Å². The van der Waals surface area contributed by atoms with Gasteiger partial charge in [-0.2, -0.15) is 4.99 Å². The SMILES string of the molecule is Cc1ccc(S(=O)(=O)Nc2ccccc2C(=O)N=c2sc3cc4c(cc3n2C)OCCO4)cc1. The smallest absolute Gasteiger partial charge is 0.281 e. The van der Waals surface area contributed by atoms with Gasteiger partial charge in [-0.3, -0.25) is 9.52 Å². The van der Waals surface area contributed by atoms with E-state index in [1.807, 2.05) is 26.1 Å². The average molecular weight is 496 g/mol. The van der Waals surface area contributed by atoms with Crippen molar-refractivity contribution in [3.8, 4) is 11.5 Å². The lowest BCUT2D eigenvalue weighted by Crippen LogP contribution is -2.17. The minimum atomic E-state index is -3.87. The number of rotatable bonds is 4. The molecule has 1 N–H and O–H groups in total. The number of hydrogen-bond acceptors (Lipinski definition) is 6. The lowest BCUT2D eigenvalue weighted by atomic mass is 10.2. The Kier molecular flexibility index (Phi) is 5.62. The van der Waals surface area contributed by atoms with E-state index in [1.54, 1.807) is 41.0 Å². The first-order valence-corrected chi connectivity index (χ1v) is 12.8. The van der Waals surface area contributed by atoms with E-state index in [2.05, 4.69) is 9.71 Å². The summed E-state index contributed by atoms with van der Waals surface area (Å²) < 4.78 is 42.2. The van der Waals surface area contributed by atoms with Gasteiger partial charge >= 0.3 is 0 Å². The molecule has 1 aliphatic heterocycles. The van der Waals surface area contributed by atoms with Gasteiger partial charge < -0.3 is 14.0 Å². The number of sulfonamides is 1. The number of nitrogens with one attached hydrogen (secondary N) is 1. The van der Waals surface area contributed by atoms with E-state index in [4.69, 9.17) is 9.47 Å². The van der Waals surface area contributed by atoms with Crippen molar-refractivity contribution in [1.82, 2.24) is 4.57 Å². The molecule has 8 nitrogen and oxygen atoms in total. The molecule has 0 bridgehead atoms. The van der Waals surface area contributed by atoms with E-state index >= 15 is 0 Å². The number of aromatic nitrogens is 1. The third-order valence-corrected chi connectivity index (χ3v) is 7.88. The predicted octanol–water partition coefficient (Wildman–Crippen LogP) is 3.86. The number of ether oxygens (including phenoxy) is 2. The van der Waals surface area contributed by atoms with E-state index in [0.29, 0.717) is 29.5 Å². The molecule has 5 rings (SSSR count). The largest absolute Gasteiger partial charge is 0.486 e. The van der Waals surface area contributed by atoms with Crippen molar-refractivity contribution in [2.75, 3.05) is 17.9 Å². The molecule has 0 saturated heterocycles. The first-order chi connectivity index (χ1) is 16.3. The van der Waals surface area contributed by atoms with Crippen molar-refractivity contribution in [2.45, 2.75) is 11.8 Å². The summed E-state index contributed by atoms with van der Waals surface area (Å²) in [7, 11) is -2.06. The summed E-state index contributed by atoms with van der Waals surface area (Å²) in [5.41, 5.74) is 2.12. The van der Waals surface area contributed by atoms with E-state index in [0.717, 1.165) is 15.8 Å². The number of carbonyl (C=O) groups excluding carboxylic acids is 1. The van der Waals surface area contributed by atoms with Gasteiger partial charge in [0, 0.05) is 19.2 Å². The summed E-state index contributed by atoms with van der Waals surface area (Å²) >= 11 is 1.34. The first-order valence-electron chi connectivity index (χ1n) is 10.5. The molecule has 1 aromatic heterocycles. The van der Waals surface area contributed by atoms with Crippen LogP contribution in [0, 0.1) is 6.92 Å². The summed E-state index contributed by atoms with van der Waals surface area (Å²) in [5.74, 6) is 0.761. The predicted molar refractivity (Wildman–Crippen MR) is 130 cm³/mol. The van der Waals surface area contributed by atoms with Crippen LogP contribution in [0.5, 0.6) is 11.5 Å². The summed E-state index contributed by atoms with van der Waals surface area (Å²) in [6.45, 7) is 2.85. The Bertz CT molecular complexity index is 1590. The zero-order chi connectivity index (χ0) is 23.9. The number of para-hydroxylation sites is 1. The highest BCUT2D eigenvalue weighted by Gasteiger charge is 2.19. The minimum absolute atomic E-state index is 0.113. The number of thiazole rings is 1. The van der Waals surface area contributed by atoms with Crippen LogP contribution in [0.3, 0.4) is 0 Å². The molecule has 1 amide bonds. The van der Waals surface area contributed by atoms with Crippen LogP contribution >= 0.6 is 11.3 Å². The van der Waals surface area contributed by atoms with Crippen LogP contribution in [0.4, 0.5) is 5.69 Å². The zero-order valence-electron chi connectivity index (χ0n) is 18.4. The topological polar surface area (TPSA) is 99.0 Å². The molecule has 3 aromatic carbocycles. The highest BCUT2D eigenvalue weighted by molar-refractivity contribution is 7.92. The molecule has 0 aliphatic carbocycles. The van der Waals surface area contributed by atoms with Gasteiger partial charge in [-0.05, 0) is 31.2 Å². The van der Waals surface area contributed by atoms with Gasteiger partial charge in [0.15, 0.2) is 16.3 Å². The van der Waals surface area contributed by atoms with Crippen LogP contribution in [-0.2, 0) is 17.1 Å². The molecule has 1 aliphatic rings. The Balaban J connectivity index is 1.51. The van der Waals surface area contributed by atoms with Gasteiger partial charge in [-0.25, -0.2) is 8.42 Å². The summed E-state index contributed by atoms with van der Waals surface area (Å²) in [6, 6.07) is 16.7. The van der Waals surface area contributed by atoms with Crippen LogP contribution in [-0.4, -0.2) is 32.1 Å². The molecule has 0 radical (unpaired) electrons. The number of anilines is 1. The standard InChI is InChI=1S/C24H21N3O5S2/c1-15-7-9-16(10-8-15)34(29,30)26-18-6-4-3-5-17(18)23(28)25-24-27(2)19-13-20-21(14-22(19)33-24)32-12-11-31-20/h3-10,13-14,26H,11-12H2,1-2H3. The maximum absolute atomic E-state index is 13.1. The van der Waals surface area contributed by atoms with Gasteiger partial charge in [0.2, 0.25) is 0 Å². The molecule has 34 heavy (non-hydrogen) atoms. The third kappa shape index (κ3) is 4.17. The van der Waals surface area contributed by atoms with Gasteiger partial charge in [-0.15, -0.1) is 0 Å². The van der Waals surface area contributed by atoms with Crippen molar-refractivity contribution in [2.24, 2.45) is 12.0 Å². The maximum atomic E-state index is 13.1. The molecule has 0 unspecified atom stereocenters. The monoisotopic (exact) mass is 495 g/mol. The average Bonchev–Trinajstić information content (AvgIpc) is 3.12. The number of carbonyl (C=O) groups is 1. The first kappa shape index (κ1) is 22.2. The van der Waals surface area contributed by atoms with Crippen LogP contribution in [0.1, 0.15) is 15.9 Å². The van der Waals surface area contributed by atoms with Crippen molar-refractivity contribution in [3.63, 3.8) is 0 Å². The molecule has 0 spiro atoms. The molecule has 0 saturated carbocycles. The van der Waals surface area contributed by atoms with E-state index in [9.17, 15) is 13.2 Å². The molecular weight excluding hydrogens is 474 g/mol. The quantitative estimate of drug-likeness (QED) is 0.464. The molecular formula is C24H21N3O5S2. The Labute approximate surface area is 200 Å². The zero-order valence-corrected chi connectivity index (χ0v) is 20.1. The summed E-state index contributed by atoms with van der Waals surface area (Å²) in [4.78, 5) is 18.0. The highest BCUT2D eigenvalue weighted by atomic mass is 32.2. The Hall–Kier alpha value is -3.63. The minimum Gasteiger partial charge on any atom is -0.486 e. The Morgan fingerprint density at radius 2 is 1.71 bits per heavy atom. The van der Waals surface area contributed by atoms with Gasteiger partial charge in [0.25, 0.3) is 15.9 Å². The van der Waals surface area contributed by atoms with Gasteiger partial charge in [-0.1, -0.05) is 41.2 Å². The second kappa shape index (κ2) is 8.62. The Morgan fingerprint density at radius 1 is 1.03 bits per heavy atom.